The maximum absolute atomic E-state index is 13.4. The van der Waals surface area contributed by atoms with Crippen molar-refractivity contribution in [2.75, 3.05) is 17.7 Å². The number of hydrogen-bond donors (Lipinski definition) is 2. The van der Waals surface area contributed by atoms with Crippen LogP contribution in [0.1, 0.15) is 11.1 Å². The van der Waals surface area contributed by atoms with Gasteiger partial charge in [0.25, 0.3) is 0 Å². The van der Waals surface area contributed by atoms with Crippen LogP contribution in [0, 0.1) is 19.7 Å². The number of anilines is 2. The number of carbonyl (C=O) groups is 1. The SMILES string of the molecule is COc1ccc(NC(=O)Nc2cccc(F)c2C)c(C)c1. The normalized spacial score (nSPS) is 10.1. The third-order valence-electron chi connectivity index (χ3n) is 3.20. The fourth-order valence-electron chi connectivity index (χ4n) is 1.92. The van der Waals surface area contributed by atoms with Gasteiger partial charge in [0.15, 0.2) is 0 Å². The van der Waals surface area contributed by atoms with Crippen molar-refractivity contribution >= 4 is 17.4 Å². The number of benzene rings is 2. The second-order valence-corrected chi connectivity index (χ2v) is 4.67. The van der Waals surface area contributed by atoms with Gasteiger partial charge in [0.2, 0.25) is 0 Å². The molecule has 0 saturated heterocycles. The first-order valence-electron chi connectivity index (χ1n) is 6.49. The Bertz CT molecular complexity index is 671. The lowest BCUT2D eigenvalue weighted by Crippen LogP contribution is -2.20. The Morgan fingerprint density at radius 3 is 2.48 bits per heavy atom. The highest BCUT2D eigenvalue weighted by atomic mass is 19.1. The third-order valence-corrected chi connectivity index (χ3v) is 3.20. The number of nitrogens with one attached hydrogen (secondary N) is 2. The van der Waals surface area contributed by atoms with E-state index in [0.29, 0.717) is 16.9 Å². The van der Waals surface area contributed by atoms with Gasteiger partial charge in [0.1, 0.15) is 11.6 Å². The van der Waals surface area contributed by atoms with Crippen LogP contribution < -0.4 is 15.4 Å². The van der Waals surface area contributed by atoms with Crippen LogP contribution in [0.25, 0.3) is 0 Å². The van der Waals surface area contributed by atoms with E-state index in [2.05, 4.69) is 10.6 Å². The van der Waals surface area contributed by atoms with E-state index in [1.165, 1.54) is 6.07 Å². The molecule has 0 aromatic heterocycles. The predicted octanol–water partition coefficient (Wildman–Crippen LogP) is 4.10. The standard InChI is InChI=1S/C16H17FN2O2/c1-10-9-12(21-3)7-8-14(10)18-16(20)19-15-6-4-5-13(17)11(15)2/h4-9H,1-3H3,(H2,18,19,20). The van der Waals surface area contributed by atoms with E-state index in [1.54, 1.807) is 38.3 Å². The van der Waals surface area contributed by atoms with E-state index >= 15 is 0 Å². The Morgan fingerprint density at radius 2 is 1.81 bits per heavy atom. The largest absolute Gasteiger partial charge is 0.497 e. The Morgan fingerprint density at radius 1 is 1.10 bits per heavy atom. The van der Waals surface area contributed by atoms with Gasteiger partial charge < -0.3 is 15.4 Å². The highest BCUT2D eigenvalue weighted by molar-refractivity contribution is 6.00. The van der Waals surface area contributed by atoms with E-state index in [0.717, 1.165) is 11.3 Å². The lowest BCUT2D eigenvalue weighted by Gasteiger charge is -2.12. The number of halogens is 1. The van der Waals surface area contributed by atoms with E-state index in [9.17, 15) is 9.18 Å². The van der Waals surface area contributed by atoms with Gasteiger partial charge in [-0.1, -0.05) is 6.07 Å². The lowest BCUT2D eigenvalue weighted by atomic mass is 10.2. The van der Waals surface area contributed by atoms with Crippen LogP contribution in [-0.4, -0.2) is 13.1 Å². The first-order valence-corrected chi connectivity index (χ1v) is 6.49. The molecule has 2 aromatic carbocycles. The highest BCUT2D eigenvalue weighted by Gasteiger charge is 2.09. The second kappa shape index (κ2) is 6.26. The summed E-state index contributed by atoms with van der Waals surface area (Å²) in [5.74, 6) is 0.368. The van der Waals surface area contributed by atoms with Crippen molar-refractivity contribution in [2.45, 2.75) is 13.8 Å². The van der Waals surface area contributed by atoms with E-state index in [-0.39, 0.29) is 5.82 Å². The number of carbonyl (C=O) groups excluding carboxylic acids is 1. The molecule has 2 N–H and O–H groups in total. The van der Waals surface area contributed by atoms with Crippen molar-refractivity contribution in [3.8, 4) is 5.75 Å². The molecule has 21 heavy (non-hydrogen) atoms. The average molecular weight is 288 g/mol. The lowest BCUT2D eigenvalue weighted by molar-refractivity contribution is 0.262. The Kier molecular flexibility index (Phi) is 4.42. The maximum Gasteiger partial charge on any atom is 0.323 e. The van der Waals surface area contributed by atoms with Crippen molar-refractivity contribution < 1.29 is 13.9 Å². The quantitative estimate of drug-likeness (QED) is 0.893. The molecule has 0 aliphatic heterocycles. The molecule has 0 bridgehead atoms. The summed E-state index contributed by atoms with van der Waals surface area (Å²) in [6.45, 7) is 3.48. The van der Waals surface area contributed by atoms with Gasteiger partial charge >= 0.3 is 6.03 Å². The molecular weight excluding hydrogens is 271 g/mol. The zero-order valence-corrected chi connectivity index (χ0v) is 12.2. The monoisotopic (exact) mass is 288 g/mol. The van der Waals surface area contributed by atoms with Crippen LogP contribution in [0.4, 0.5) is 20.6 Å². The minimum absolute atomic E-state index is 0.353. The molecule has 5 heteroatoms. The smallest absolute Gasteiger partial charge is 0.323 e. The molecule has 0 atom stereocenters. The van der Waals surface area contributed by atoms with E-state index in [1.807, 2.05) is 13.0 Å². The Labute approximate surface area is 122 Å². The number of rotatable bonds is 3. The van der Waals surface area contributed by atoms with Gasteiger partial charge in [0.05, 0.1) is 7.11 Å². The summed E-state index contributed by atoms with van der Waals surface area (Å²) in [6, 6.07) is 9.48. The molecule has 0 fully saturated rings. The molecule has 2 aromatic rings. The predicted molar refractivity (Wildman–Crippen MR) is 81.5 cm³/mol. The van der Waals surface area contributed by atoms with Crippen LogP contribution in [0.3, 0.4) is 0 Å². The van der Waals surface area contributed by atoms with Gasteiger partial charge in [-0.15, -0.1) is 0 Å². The van der Waals surface area contributed by atoms with Crippen LogP contribution in [-0.2, 0) is 0 Å². The highest BCUT2D eigenvalue weighted by Crippen LogP contribution is 2.22. The second-order valence-electron chi connectivity index (χ2n) is 4.67. The van der Waals surface area contributed by atoms with Crippen LogP contribution in [0.2, 0.25) is 0 Å². The summed E-state index contributed by atoms with van der Waals surface area (Å²) < 4.78 is 18.5. The minimum Gasteiger partial charge on any atom is -0.497 e. The fourth-order valence-corrected chi connectivity index (χ4v) is 1.92. The van der Waals surface area contributed by atoms with Crippen LogP contribution in [0.5, 0.6) is 5.75 Å². The maximum atomic E-state index is 13.4. The van der Waals surface area contributed by atoms with Crippen molar-refractivity contribution in [3.63, 3.8) is 0 Å². The zero-order chi connectivity index (χ0) is 15.4. The van der Waals surface area contributed by atoms with Crippen molar-refractivity contribution in [2.24, 2.45) is 0 Å². The zero-order valence-electron chi connectivity index (χ0n) is 12.2. The van der Waals surface area contributed by atoms with Crippen molar-refractivity contribution in [3.05, 3.63) is 53.3 Å². The molecule has 2 rings (SSSR count). The summed E-state index contributed by atoms with van der Waals surface area (Å²) in [5.41, 5.74) is 2.39. The number of aryl methyl sites for hydroxylation is 1. The first-order chi connectivity index (χ1) is 10.0. The first kappa shape index (κ1) is 14.8. The molecule has 0 spiro atoms. The molecule has 0 saturated carbocycles. The van der Waals surface area contributed by atoms with Gasteiger partial charge in [0, 0.05) is 16.9 Å². The average Bonchev–Trinajstić information content (AvgIpc) is 2.46. The summed E-state index contributed by atoms with van der Waals surface area (Å²) in [7, 11) is 1.58. The number of methoxy groups -OCH3 is 1. The molecule has 0 aliphatic rings. The molecule has 0 unspecified atom stereocenters. The molecule has 0 heterocycles. The summed E-state index contributed by atoms with van der Waals surface area (Å²) in [5, 5.41) is 5.36. The van der Waals surface area contributed by atoms with Gasteiger partial charge in [-0.3, -0.25) is 0 Å². The van der Waals surface area contributed by atoms with Crippen molar-refractivity contribution in [1.82, 2.24) is 0 Å². The van der Waals surface area contributed by atoms with Crippen LogP contribution >= 0.6 is 0 Å². The molecule has 110 valence electrons. The molecule has 4 nitrogen and oxygen atoms in total. The summed E-state index contributed by atoms with van der Waals surface area (Å²) in [6.07, 6.45) is 0. The summed E-state index contributed by atoms with van der Waals surface area (Å²) in [4.78, 5) is 12.0. The molecule has 2 amide bonds. The van der Waals surface area contributed by atoms with Gasteiger partial charge in [-0.05, 0) is 49.7 Å². The van der Waals surface area contributed by atoms with Gasteiger partial charge in [-0.2, -0.15) is 0 Å². The van der Waals surface area contributed by atoms with E-state index in [4.69, 9.17) is 4.74 Å². The molecule has 0 aliphatic carbocycles. The number of amides is 2. The van der Waals surface area contributed by atoms with Gasteiger partial charge in [-0.25, -0.2) is 9.18 Å². The third kappa shape index (κ3) is 3.51. The minimum atomic E-state index is -0.419. The fraction of sp³-hybridized carbons (Fsp3) is 0.188. The number of hydrogen-bond acceptors (Lipinski definition) is 2. The topological polar surface area (TPSA) is 50.4 Å². The van der Waals surface area contributed by atoms with Crippen LogP contribution in [0.15, 0.2) is 36.4 Å². The number of urea groups is 1. The molecular formula is C16H17FN2O2. The van der Waals surface area contributed by atoms with E-state index < -0.39 is 6.03 Å². The Balaban J connectivity index is 2.10. The Hall–Kier alpha value is -2.56. The summed E-state index contributed by atoms with van der Waals surface area (Å²) >= 11 is 0. The van der Waals surface area contributed by atoms with Crippen molar-refractivity contribution in [1.29, 1.82) is 0 Å². The number of ether oxygens (including phenoxy) is 1. The molecule has 0 radical (unpaired) electrons.